The number of hydrogen-bond acceptors (Lipinski definition) is 2. The lowest BCUT2D eigenvalue weighted by atomic mass is 10.0. The van der Waals surface area contributed by atoms with Crippen LogP contribution in [0.4, 0.5) is 10.5 Å². The summed E-state index contributed by atoms with van der Waals surface area (Å²) in [5, 5.41) is 5.69. The van der Waals surface area contributed by atoms with Crippen molar-refractivity contribution in [2.75, 3.05) is 5.32 Å². The summed E-state index contributed by atoms with van der Waals surface area (Å²) in [5.74, 6) is 0. The minimum Gasteiger partial charge on any atom is -0.334 e. The van der Waals surface area contributed by atoms with Crippen LogP contribution in [0.2, 0.25) is 0 Å². The van der Waals surface area contributed by atoms with Crippen molar-refractivity contribution in [2.24, 2.45) is 0 Å². The molecule has 3 aromatic rings. The number of benzene rings is 2. The van der Waals surface area contributed by atoms with Crippen LogP contribution < -0.4 is 10.6 Å². The van der Waals surface area contributed by atoms with E-state index in [1.165, 1.54) is 5.56 Å². The Morgan fingerprint density at radius 1 is 0.958 bits per heavy atom. The molecule has 24 heavy (non-hydrogen) atoms. The first-order valence-electron chi connectivity index (χ1n) is 7.83. The predicted molar refractivity (Wildman–Crippen MR) is 96.7 cm³/mol. The standard InChI is InChI=1S/C20H19N3O/c1-15-9-11-16(12-10-15)19-17(6-5-13-21-19)14-22-20(24)23-18-7-3-2-4-8-18/h2-13H,14H2,1H3,(H2,22,23,24). The highest BCUT2D eigenvalue weighted by molar-refractivity contribution is 5.89. The molecule has 0 radical (unpaired) electrons. The highest BCUT2D eigenvalue weighted by Crippen LogP contribution is 2.21. The van der Waals surface area contributed by atoms with Gasteiger partial charge in [-0.15, -0.1) is 0 Å². The van der Waals surface area contributed by atoms with Gasteiger partial charge in [-0.3, -0.25) is 4.98 Å². The van der Waals surface area contributed by atoms with Gasteiger partial charge in [0.15, 0.2) is 0 Å². The largest absolute Gasteiger partial charge is 0.334 e. The van der Waals surface area contributed by atoms with E-state index in [0.717, 1.165) is 22.5 Å². The second kappa shape index (κ2) is 7.42. The molecule has 120 valence electrons. The van der Waals surface area contributed by atoms with Crippen LogP contribution in [-0.4, -0.2) is 11.0 Å². The van der Waals surface area contributed by atoms with E-state index in [1.54, 1.807) is 6.20 Å². The number of nitrogens with one attached hydrogen (secondary N) is 2. The summed E-state index contributed by atoms with van der Waals surface area (Å²) in [6.45, 7) is 2.47. The number of amides is 2. The lowest BCUT2D eigenvalue weighted by Crippen LogP contribution is -2.28. The number of hydrogen-bond donors (Lipinski definition) is 2. The molecule has 0 fully saturated rings. The first-order chi connectivity index (χ1) is 11.7. The number of para-hydroxylation sites is 1. The third-order valence-corrected chi connectivity index (χ3v) is 3.69. The average molecular weight is 317 g/mol. The molecule has 0 bridgehead atoms. The topological polar surface area (TPSA) is 54.0 Å². The lowest BCUT2D eigenvalue weighted by Gasteiger charge is -2.11. The number of aromatic nitrogens is 1. The summed E-state index contributed by atoms with van der Waals surface area (Å²) in [7, 11) is 0. The van der Waals surface area contributed by atoms with Crippen LogP contribution in [0.15, 0.2) is 72.9 Å². The second-order valence-corrected chi connectivity index (χ2v) is 5.55. The van der Waals surface area contributed by atoms with Crippen LogP contribution in [0.25, 0.3) is 11.3 Å². The van der Waals surface area contributed by atoms with Crippen molar-refractivity contribution in [3.05, 3.63) is 84.1 Å². The van der Waals surface area contributed by atoms with Crippen molar-refractivity contribution in [3.63, 3.8) is 0 Å². The number of carbonyl (C=O) groups excluding carboxylic acids is 1. The molecule has 0 aliphatic carbocycles. The third kappa shape index (κ3) is 3.98. The minimum absolute atomic E-state index is 0.236. The van der Waals surface area contributed by atoms with Gasteiger partial charge in [0.1, 0.15) is 0 Å². The highest BCUT2D eigenvalue weighted by atomic mass is 16.2. The normalized spacial score (nSPS) is 10.2. The van der Waals surface area contributed by atoms with Gasteiger partial charge < -0.3 is 10.6 Å². The van der Waals surface area contributed by atoms with Crippen molar-refractivity contribution in [1.82, 2.24) is 10.3 Å². The van der Waals surface area contributed by atoms with Crippen molar-refractivity contribution in [1.29, 1.82) is 0 Å². The van der Waals surface area contributed by atoms with Gasteiger partial charge in [-0.2, -0.15) is 0 Å². The Labute approximate surface area is 141 Å². The summed E-state index contributed by atoms with van der Waals surface area (Å²) in [6.07, 6.45) is 1.77. The molecule has 1 heterocycles. The fourth-order valence-electron chi connectivity index (χ4n) is 2.42. The maximum Gasteiger partial charge on any atom is 0.319 e. The summed E-state index contributed by atoms with van der Waals surface area (Å²) >= 11 is 0. The van der Waals surface area contributed by atoms with Crippen LogP contribution in [0.1, 0.15) is 11.1 Å². The molecule has 0 unspecified atom stereocenters. The predicted octanol–water partition coefficient (Wildman–Crippen LogP) is 4.38. The molecule has 3 rings (SSSR count). The monoisotopic (exact) mass is 317 g/mol. The maximum absolute atomic E-state index is 12.0. The van der Waals surface area contributed by atoms with Gasteiger partial charge in [0, 0.05) is 24.0 Å². The zero-order valence-electron chi connectivity index (χ0n) is 13.5. The summed E-state index contributed by atoms with van der Waals surface area (Å²) < 4.78 is 0. The van der Waals surface area contributed by atoms with E-state index in [0.29, 0.717) is 6.54 Å². The molecule has 4 heteroatoms. The van der Waals surface area contributed by atoms with E-state index in [4.69, 9.17) is 0 Å². The van der Waals surface area contributed by atoms with Crippen LogP contribution >= 0.6 is 0 Å². The van der Waals surface area contributed by atoms with Gasteiger partial charge in [0.2, 0.25) is 0 Å². The fraction of sp³-hybridized carbons (Fsp3) is 0.100. The smallest absolute Gasteiger partial charge is 0.319 e. The van der Waals surface area contributed by atoms with Gasteiger partial charge in [0.05, 0.1) is 5.69 Å². The second-order valence-electron chi connectivity index (χ2n) is 5.55. The van der Waals surface area contributed by atoms with E-state index in [2.05, 4.69) is 34.7 Å². The Morgan fingerprint density at radius 3 is 2.46 bits per heavy atom. The molecule has 0 saturated carbocycles. The Bertz CT molecular complexity index is 814. The number of rotatable bonds is 4. The molecule has 0 saturated heterocycles. The highest BCUT2D eigenvalue weighted by Gasteiger charge is 2.08. The van der Waals surface area contributed by atoms with Gasteiger partial charge in [-0.25, -0.2) is 4.79 Å². The third-order valence-electron chi connectivity index (χ3n) is 3.69. The number of carbonyl (C=O) groups is 1. The zero-order chi connectivity index (χ0) is 16.8. The first-order valence-corrected chi connectivity index (χ1v) is 7.83. The Hall–Kier alpha value is -3.14. The number of anilines is 1. The molecule has 0 spiro atoms. The maximum atomic E-state index is 12.0. The average Bonchev–Trinajstić information content (AvgIpc) is 2.62. The molecule has 2 amide bonds. The molecule has 2 N–H and O–H groups in total. The number of urea groups is 1. The van der Waals surface area contributed by atoms with Crippen molar-refractivity contribution in [2.45, 2.75) is 13.5 Å². The molecule has 0 aliphatic heterocycles. The quantitative estimate of drug-likeness (QED) is 0.750. The van der Waals surface area contributed by atoms with E-state index in [-0.39, 0.29) is 6.03 Å². The summed E-state index contributed by atoms with van der Waals surface area (Å²) in [4.78, 5) is 16.5. The van der Waals surface area contributed by atoms with Gasteiger partial charge in [-0.05, 0) is 30.7 Å². The Kier molecular flexibility index (Phi) is 4.87. The van der Waals surface area contributed by atoms with Gasteiger partial charge in [-0.1, -0.05) is 54.1 Å². The molecular weight excluding hydrogens is 298 g/mol. The van der Waals surface area contributed by atoms with Crippen LogP contribution in [0.3, 0.4) is 0 Å². The SMILES string of the molecule is Cc1ccc(-c2ncccc2CNC(=O)Nc2ccccc2)cc1. The molecule has 4 nitrogen and oxygen atoms in total. The molecule has 2 aromatic carbocycles. The number of pyridine rings is 1. The Morgan fingerprint density at radius 2 is 1.71 bits per heavy atom. The van der Waals surface area contributed by atoms with E-state index < -0.39 is 0 Å². The van der Waals surface area contributed by atoms with E-state index in [1.807, 2.05) is 54.6 Å². The van der Waals surface area contributed by atoms with Crippen molar-refractivity contribution in [3.8, 4) is 11.3 Å². The van der Waals surface area contributed by atoms with Gasteiger partial charge in [0.25, 0.3) is 0 Å². The van der Waals surface area contributed by atoms with Crippen LogP contribution in [-0.2, 0) is 6.54 Å². The van der Waals surface area contributed by atoms with Crippen molar-refractivity contribution >= 4 is 11.7 Å². The van der Waals surface area contributed by atoms with Crippen LogP contribution in [0, 0.1) is 6.92 Å². The summed E-state index contributed by atoms with van der Waals surface area (Å²) in [6, 6.07) is 21.2. The van der Waals surface area contributed by atoms with Gasteiger partial charge >= 0.3 is 6.03 Å². The summed E-state index contributed by atoms with van der Waals surface area (Å²) in [5.41, 5.74) is 4.88. The molecule has 1 aromatic heterocycles. The molecule has 0 atom stereocenters. The fourth-order valence-corrected chi connectivity index (χ4v) is 2.42. The van der Waals surface area contributed by atoms with E-state index >= 15 is 0 Å². The Balaban J connectivity index is 1.69. The first kappa shape index (κ1) is 15.7. The number of aryl methyl sites for hydroxylation is 1. The van der Waals surface area contributed by atoms with Crippen LogP contribution in [0.5, 0.6) is 0 Å². The lowest BCUT2D eigenvalue weighted by molar-refractivity contribution is 0.252. The zero-order valence-corrected chi connectivity index (χ0v) is 13.5. The molecular formula is C20H19N3O. The molecule has 0 aliphatic rings. The van der Waals surface area contributed by atoms with E-state index in [9.17, 15) is 4.79 Å². The van der Waals surface area contributed by atoms with Crippen molar-refractivity contribution < 1.29 is 4.79 Å². The minimum atomic E-state index is -0.236. The number of nitrogens with zero attached hydrogens (tertiary/aromatic N) is 1.